The quantitative estimate of drug-likeness (QED) is 0.923. The molecule has 2 aromatic rings. The van der Waals surface area contributed by atoms with E-state index < -0.39 is 0 Å². The number of nitrogens with two attached hydrogens (primary N) is 1. The number of aromatic nitrogens is 1. The summed E-state index contributed by atoms with van der Waals surface area (Å²) in [5.41, 5.74) is 9.52. The van der Waals surface area contributed by atoms with Gasteiger partial charge < -0.3 is 15.0 Å². The SMILES string of the molecule is CCOc1ccc(-c2cc(C)c(CN)c(=O)n2C2CC2)cc1. The Morgan fingerprint density at radius 2 is 1.95 bits per heavy atom. The second-order valence-corrected chi connectivity index (χ2v) is 5.76. The summed E-state index contributed by atoms with van der Waals surface area (Å²) in [6, 6.07) is 10.3. The number of ether oxygens (including phenoxy) is 1. The molecule has 2 N–H and O–H groups in total. The van der Waals surface area contributed by atoms with E-state index in [-0.39, 0.29) is 5.56 Å². The first-order valence-electron chi connectivity index (χ1n) is 7.84. The van der Waals surface area contributed by atoms with E-state index in [9.17, 15) is 4.79 Å². The predicted molar refractivity (Wildman–Crippen MR) is 88.2 cm³/mol. The third kappa shape index (κ3) is 2.66. The molecule has 22 heavy (non-hydrogen) atoms. The molecule has 1 fully saturated rings. The smallest absolute Gasteiger partial charge is 0.256 e. The van der Waals surface area contributed by atoms with E-state index in [1.165, 1.54) is 0 Å². The largest absolute Gasteiger partial charge is 0.494 e. The van der Waals surface area contributed by atoms with Crippen LogP contribution in [0.25, 0.3) is 11.3 Å². The highest BCUT2D eigenvalue weighted by molar-refractivity contribution is 5.62. The van der Waals surface area contributed by atoms with Gasteiger partial charge in [0.05, 0.1) is 12.3 Å². The molecular weight excluding hydrogens is 276 g/mol. The molecule has 4 nitrogen and oxygen atoms in total. The average molecular weight is 298 g/mol. The second-order valence-electron chi connectivity index (χ2n) is 5.76. The van der Waals surface area contributed by atoms with Crippen LogP contribution in [0.15, 0.2) is 35.1 Å². The van der Waals surface area contributed by atoms with Crippen LogP contribution < -0.4 is 16.0 Å². The Kier molecular flexibility index (Phi) is 4.03. The topological polar surface area (TPSA) is 57.2 Å². The molecule has 1 heterocycles. The first kappa shape index (κ1) is 14.9. The number of nitrogens with zero attached hydrogens (tertiary/aromatic N) is 1. The van der Waals surface area contributed by atoms with Gasteiger partial charge in [-0.3, -0.25) is 4.79 Å². The number of aryl methyl sites for hydroxylation is 1. The zero-order chi connectivity index (χ0) is 15.7. The number of rotatable bonds is 5. The van der Waals surface area contributed by atoms with Gasteiger partial charge in [-0.1, -0.05) is 0 Å². The number of pyridine rings is 1. The van der Waals surface area contributed by atoms with E-state index in [1.807, 2.05) is 42.7 Å². The summed E-state index contributed by atoms with van der Waals surface area (Å²) in [7, 11) is 0. The van der Waals surface area contributed by atoms with Gasteiger partial charge in [-0.2, -0.15) is 0 Å². The van der Waals surface area contributed by atoms with Crippen molar-refractivity contribution in [3.05, 3.63) is 51.8 Å². The molecule has 1 saturated carbocycles. The average Bonchev–Trinajstić information content (AvgIpc) is 3.33. The van der Waals surface area contributed by atoms with Crippen molar-refractivity contribution < 1.29 is 4.74 Å². The molecule has 0 saturated heterocycles. The van der Waals surface area contributed by atoms with Gasteiger partial charge in [-0.05, 0) is 68.1 Å². The fourth-order valence-corrected chi connectivity index (χ4v) is 2.84. The normalized spacial score (nSPS) is 14.1. The minimum Gasteiger partial charge on any atom is -0.494 e. The highest BCUT2D eigenvalue weighted by Crippen LogP contribution is 2.37. The van der Waals surface area contributed by atoms with Crippen LogP contribution in [0.4, 0.5) is 0 Å². The third-order valence-electron chi connectivity index (χ3n) is 4.14. The summed E-state index contributed by atoms with van der Waals surface area (Å²) in [4.78, 5) is 12.7. The van der Waals surface area contributed by atoms with Crippen molar-refractivity contribution in [2.24, 2.45) is 5.73 Å². The van der Waals surface area contributed by atoms with Crippen molar-refractivity contribution in [2.75, 3.05) is 6.61 Å². The Balaban J connectivity index is 2.11. The number of benzene rings is 1. The maximum absolute atomic E-state index is 12.7. The fraction of sp³-hybridized carbons (Fsp3) is 0.389. The van der Waals surface area contributed by atoms with Crippen LogP contribution in [0.1, 0.15) is 36.9 Å². The maximum atomic E-state index is 12.7. The van der Waals surface area contributed by atoms with Gasteiger partial charge in [0, 0.05) is 18.2 Å². The summed E-state index contributed by atoms with van der Waals surface area (Å²) in [5.74, 6) is 0.849. The third-order valence-corrected chi connectivity index (χ3v) is 4.14. The molecule has 0 spiro atoms. The molecule has 0 amide bonds. The van der Waals surface area contributed by atoms with Crippen molar-refractivity contribution in [2.45, 2.75) is 39.3 Å². The Morgan fingerprint density at radius 3 is 2.50 bits per heavy atom. The molecule has 1 aliphatic rings. The minimum atomic E-state index is 0.0638. The predicted octanol–water partition coefficient (Wildman–Crippen LogP) is 3.02. The van der Waals surface area contributed by atoms with Crippen molar-refractivity contribution in [1.82, 2.24) is 4.57 Å². The van der Waals surface area contributed by atoms with Crippen LogP contribution in [0, 0.1) is 6.92 Å². The van der Waals surface area contributed by atoms with Crippen LogP contribution in [0.3, 0.4) is 0 Å². The van der Waals surface area contributed by atoms with Crippen molar-refractivity contribution in [1.29, 1.82) is 0 Å². The first-order valence-corrected chi connectivity index (χ1v) is 7.84. The molecule has 0 atom stereocenters. The van der Waals surface area contributed by atoms with Gasteiger partial charge in [0.2, 0.25) is 0 Å². The van der Waals surface area contributed by atoms with E-state index >= 15 is 0 Å². The van der Waals surface area contributed by atoms with Crippen molar-refractivity contribution in [3.63, 3.8) is 0 Å². The van der Waals surface area contributed by atoms with Crippen molar-refractivity contribution in [3.8, 4) is 17.0 Å². The maximum Gasteiger partial charge on any atom is 0.256 e. The Bertz CT molecular complexity index is 728. The van der Waals surface area contributed by atoms with E-state index in [2.05, 4.69) is 6.07 Å². The van der Waals surface area contributed by atoms with Crippen LogP contribution in [0.2, 0.25) is 0 Å². The first-order chi connectivity index (χ1) is 10.7. The van der Waals surface area contributed by atoms with Gasteiger partial charge in [-0.25, -0.2) is 0 Å². The zero-order valence-electron chi connectivity index (χ0n) is 13.1. The van der Waals surface area contributed by atoms with Crippen LogP contribution in [-0.4, -0.2) is 11.2 Å². The lowest BCUT2D eigenvalue weighted by Crippen LogP contribution is -2.27. The Labute approximate surface area is 130 Å². The molecular formula is C18H22N2O2. The van der Waals surface area contributed by atoms with E-state index in [1.54, 1.807) is 0 Å². The van der Waals surface area contributed by atoms with E-state index in [0.717, 1.165) is 41.0 Å². The second kappa shape index (κ2) is 5.97. The molecule has 0 aliphatic heterocycles. The van der Waals surface area contributed by atoms with Crippen LogP contribution in [0.5, 0.6) is 5.75 Å². The standard InChI is InChI=1S/C18H22N2O2/c1-3-22-15-8-4-13(5-9-15)17-10-12(2)16(11-19)18(21)20(17)14-6-7-14/h4-5,8-10,14H,3,6-7,11,19H2,1-2H3. The summed E-state index contributed by atoms with van der Waals surface area (Å²) in [5, 5.41) is 0. The van der Waals surface area contributed by atoms with Crippen molar-refractivity contribution >= 4 is 0 Å². The van der Waals surface area contributed by atoms with Gasteiger partial charge in [0.15, 0.2) is 0 Å². The van der Waals surface area contributed by atoms with Gasteiger partial charge in [-0.15, -0.1) is 0 Å². The van der Waals surface area contributed by atoms with Gasteiger partial charge >= 0.3 is 0 Å². The summed E-state index contributed by atoms with van der Waals surface area (Å²) >= 11 is 0. The lowest BCUT2D eigenvalue weighted by atomic mass is 10.0. The highest BCUT2D eigenvalue weighted by atomic mass is 16.5. The molecule has 3 rings (SSSR count). The number of hydrogen-bond donors (Lipinski definition) is 1. The summed E-state index contributed by atoms with van der Waals surface area (Å²) in [6.45, 7) is 4.86. The lowest BCUT2D eigenvalue weighted by molar-refractivity contribution is 0.340. The molecule has 1 aromatic heterocycles. The summed E-state index contributed by atoms with van der Waals surface area (Å²) in [6.07, 6.45) is 2.13. The monoisotopic (exact) mass is 298 g/mol. The van der Waals surface area contributed by atoms with Gasteiger partial charge in [0.1, 0.15) is 5.75 Å². The molecule has 0 bridgehead atoms. The minimum absolute atomic E-state index is 0.0638. The van der Waals surface area contributed by atoms with Gasteiger partial charge in [0.25, 0.3) is 5.56 Å². The molecule has 4 heteroatoms. The Hall–Kier alpha value is -2.07. The number of hydrogen-bond acceptors (Lipinski definition) is 3. The van der Waals surface area contributed by atoms with E-state index in [4.69, 9.17) is 10.5 Å². The Morgan fingerprint density at radius 1 is 1.27 bits per heavy atom. The molecule has 0 radical (unpaired) electrons. The van der Waals surface area contributed by atoms with Crippen LogP contribution >= 0.6 is 0 Å². The van der Waals surface area contributed by atoms with E-state index in [0.29, 0.717) is 19.2 Å². The molecule has 0 unspecified atom stereocenters. The highest BCUT2D eigenvalue weighted by Gasteiger charge is 2.28. The zero-order valence-corrected chi connectivity index (χ0v) is 13.1. The fourth-order valence-electron chi connectivity index (χ4n) is 2.84. The molecule has 1 aliphatic carbocycles. The lowest BCUT2D eigenvalue weighted by Gasteiger charge is -2.16. The van der Waals surface area contributed by atoms with Crippen LogP contribution in [-0.2, 0) is 6.54 Å². The molecule has 116 valence electrons. The molecule has 1 aromatic carbocycles. The summed E-state index contributed by atoms with van der Waals surface area (Å²) < 4.78 is 7.41.